The second-order valence-corrected chi connectivity index (χ2v) is 5.01. The zero-order valence-electron chi connectivity index (χ0n) is 7.75. The van der Waals surface area contributed by atoms with Gasteiger partial charge in [0.25, 0.3) is 0 Å². The number of carbonyl (C=O) groups is 2. The highest BCUT2D eigenvalue weighted by Crippen LogP contribution is 2.22. The van der Waals surface area contributed by atoms with E-state index in [1.807, 2.05) is 0 Å². The minimum atomic E-state index is -1.07. The maximum absolute atomic E-state index is 10.3. The number of rotatable bonds is 7. The third-order valence-electron chi connectivity index (χ3n) is 1.21. The van der Waals surface area contributed by atoms with Crippen molar-refractivity contribution in [2.75, 3.05) is 11.5 Å². The van der Waals surface area contributed by atoms with Crippen molar-refractivity contribution in [2.45, 2.75) is 12.1 Å². The molecule has 8 N–H and O–H groups in total. The normalized spacial score (nSPS) is 13.7. The van der Waals surface area contributed by atoms with Gasteiger partial charge in [-0.25, -0.2) is 0 Å². The fraction of sp³-hybridized carbons (Fsp3) is 0.667. The van der Waals surface area contributed by atoms with Gasteiger partial charge in [-0.15, -0.1) is 0 Å². The van der Waals surface area contributed by atoms with Crippen molar-refractivity contribution in [3.63, 3.8) is 0 Å². The van der Waals surface area contributed by atoms with E-state index in [2.05, 4.69) is 0 Å². The molecule has 90 valence electrons. The van der Waals surface area contributed by atoms with E-state index in [9.17, 15) is 9.59 Å². The van der Waals surface area contributed by atoms with Crippen LogP contribution >= 0.6 is 21.6 Å². The molecule has 0 saturated carbocycles. The van der Waals surface area contributed by atoms with Gasteiger partial charge in [-0.1, -0.05) is 21.6 Å². The summed E-state index contributed by atoms with van der Waals surface area (Å²) in [5, 5.41) is 16.8. The van der Waals surface area contributed by atoms with Gasteiger partial charge >= 0.3 is 11.9 Å². The topological polar surface area (TPSA) is 158 Å². The molecule has 7 nitrogen and oxygen atoms in total. The highest BCUT2D eigenvalue weighted by molar-refractivity contribution is 8.76. The van der Waals surface area contributed by atoms with Crippen LogP contribution in [0.25, 0.3) is 0 Å². The van der Waals surface area contributed by atoms with Crippen molar-refractivity contribution < 1.29 is 25.3 Å². The minimum Gasteiger partial charge on any atom is -0.480 e. The standard InChI is InChI=1S/C6H12N2O4S2.H2O/c7-3(5(9)10)1-13-14-2-4(8)6(11)12;/h3-4H,1-2,7-8H2,(H,9,10)(H,11,12);1H2. The third-order valence-corrected chi connectivity index (χ3v) is 3.69. The molecule has 0 aromatic rings. The molecular formula is C6H14N2O5S2. The monoisotopic (exact) mass is 258 g/mol. The van der Waals surface area contributed by atoms with Gasteiger partial charge in [0, 0.05) is 11.5 Å². The number of nitrogens with two attached hydrogens (primary N) is 2. The van der Waals surface area contributed by atoms with Crippen LogP contribution in [-0.2, 0) is 9.59 Å². The lowest BCUT2D eigenvalue weighted by molar-refractivity contribution is -0.138. The fourth-order valence-electron chi connectivity index (χ4n) is 0.385. The summed E-state index contributed by atoms with van der Waals surface area (Å²) in [5.74, 6) is -1.68. The molecule has 0 spiro atoms. The van der Waals surface area contributed by atoms with Crippen LogP contribution in [0.4, 0.5) is 0 Å². The molecule has 0 aromatic heterocycles. The number of carboxylic acid groups (broad SMARTS) is 2. The molecule has 2 atom stereocenters. The van der Waals surface area contributed by atoms with Gasteiger partial charge < -0.3 is 27.2 Å². The van der Waals surface area contributed by atoms with Gasteiger partial charge in [0.2, 0.25) is 0 Å². The van der Waals surface area contributed by atoms with E-state index in [-0.39, 0.29) is 17.0 Å². The van der Waals surface area contributed by atoms with Crippen LogP contribution in [0.5, 0.6) is 0 Å². The van der Waals surface area contributed by atoms with E-state index in [1.165, 1.54) is 21.6 Å². The smallest absolute Gasteiger partial charge is 0.321 e. The van der Waals surface area contributed by atoms with Crippen molar-refractivity contribution >= 4 is 33.5 Å². The molecule has 0 bridgehead atoms. The van der Waals surface area contributed by atoms with E-state index in [0.29, 0.717) is 0 Å². The summed E-state index contributed by atoms with van der Waals surface area (Å²) in [7, 11) is 2.41. The third kappa shape index (κ3) is 8.51. The Labute approximate surface area is 94.3 Å². The van der Waals surface area contributed by atoms with Crippen molar-refractivity contribution in [3.8, 4) is 0 Å². The van der Waals surface area contributed by atoms with Crippen LogP contribution in [0.1, 0.15) is 0 Å². The van der Waals surface area contributed by atoms with E-state index in [0.717, 1.165) is 0 Å². The average Bonchev–Trinajstić information content (AvgIpc) is 2.11. The molecule has 0 saturated heterocycles. The highest BCUT2D eigenvalue weighted by Gasteiger charge is 2.14. The SMILES string of the molecule is NC(CSSCC(N)C(=O)O)C(=O)O.O. The van der Waals surface area contributed by atoms with E-state index in [4.69, 9.17) is 21.7 Å². The Bertz CT molecular complexity index is 194. The Balaban J connectivity index is 0. The van der Waals surface area contributed by atoms with Crippen LogP contribution in [-0.4, -0.2) is 51.2 Å². The van der Waals surface area contributed by atoms with E-state index in [1.54, 1.807) is 0 Å². The quantitative estimate of drug-likeness (QED) is 0.313. The Kier molecular flexibility index (Phi) is 9.93. The maximum Gasteiger partial charge on any atom is 0.321 e. The molecular weight excluding hydrogens is 244 g/mol. The summed E-state index contributed by atoms with van der Waals surface area (Å²) in [4.78, 5) is 20.5. The van der Waals surface area contributed by atoms with Crippen LogP contribution in [0.2, 0.25) is 0 Å². The van der Waals surface area contributed by atoms with Crippen LogP contribution < -0.4 is 11.5 Å². The molecule has 0 aliphatic heterocycles. The number of carboxylic acids is 2. The number of aliphatic carboxylic acids is 2. The molecule has 0 fully saturated rings. The van der Waals surface area contributed by atoms with Gasteiger partial charge in [-0.2, -0.15) is 0 Å². The summed E-state index contributed by atoms with van der Waals surface area (Å²) in [6.45, 7) is 0. The molecule has 0 aliphatic rings. The van der Waals surface area contributed by atoms with Crippen molar-refractivity contribution in [1.82, 2.24) is 0 Å². The molecule has 0 aromatic carbocycles. The second kappa shape index (κ2) is 8.80. The lowest BCUT2D eigenvalue weighted by Crippen LogP contribution is -2.33. The Hall–Kier alpha value is -0.480. The molecule has 15 heavy (non-hydrogen) atoms. The molecule has 0 heterocycles. The Morgan fingerprint density at radius 2 is 1.27 bits per heavy atom. The summed E-state index contributed by atoms with van der Waals surface area (Å²) < 4.78 is 0. The van der Waals surface area contributed by atoms with Gasteiger partial charge in [0.1, 0.15) is 12.1 Å². The van der Waals surface area contributed by atoms with Gasteiger partial charge in [-0.05, 0) is 0 Å². The number of hydrogen-bond acceptors (Lipinski definition) is 6. The number of hydrogen-bond donors (Lipinski definition) is 4. The maximum atomic E-state index is 10.3. The van der Waals surface area contributed by atoms with Gasteiger partial charge in [0.15, 0.2) is 0 Å². The first kappa shape index (κ1) is 16.9. The van der Waals surface area contributed by atoms with Crippen molar-refractivity contribution in [1.29, 1.82) is 0 Å². The van der Waals surface area contributed by atoms with Crippen LogP contribution in [0.3, 0.4) is 0 Å². The molecule has 0 rings (SSSR count). The predicted octanol–water partition coefficient (Wildman–Crippen LogP) is -1.63. The van der Waals surface area contributed by atoms with Gasteiger partial charge in [0.05, 0.1) is 0 Å². The first-order chi connectivity index (χ1) is 6.45. The summed E-state index contributed by atoms with van der Waals surface area (Å²) in [6.07, 6.45) is 0. The first-order valence-corrected chi connectivity index (χ1v) is 6.15. The zero-order valence-corrected chi connectivity index (χ0v) is 9.38. The molecule has 9 heteroatoms. The Morgan fingerprint density at radius 1 is 1.00 bits per heavy atom. The largest absolute Gasteiger partial charge is 0.480 e. The summed E-state index contributed by atoms with van der Waals surface area (Å²) in [5.41, 5.74) is 10.4. The molecule has 0 radical (unpaired) electrons. The summed E-state index contributed by atoms with van der Waals surface area (Å²) >= 11 is 0. The molecule has 0 aliphatic carbocycles. The fourth-order valence-corrected chi connectivity index (χ4v) is 2.61. The van der Waals surface area contributed by atoms with Gasteiger partial charge in [-0.3, -0.25) is 9.59 Å². The zero-order chi connectivity index (χ0) is 11.1. The van der Waals surface area contributed by atoms with Crippen LogP contribution in [0, 0.1) is 0 Å². The minimum absolute atomic E-state index is 0. The van der Waals surface area contributed by atoms with E-state index < -0.39 is 24.0 Å². The first-order valence-electron chi connectivity index (χ1n) is 3.66. The lowest BCUT2D eigenvalue weighted by Gasteiger charge is -2.07. The summed E-state index contributed by atoms with van der Waals surface area (Å²) in [6, 6.07) is -1.85. The molecule has 0 amide bonds. The Morgan fingerprint density at radius 3 is 1.47 bits per heavy atom. The van der Waals surface area contributed by atoms with Crippen molar-refractivity contribution in [2.24, 2.45) is 11.5 Å². The van der Waals surface area contributed by atoms with Crippen LogP contribution in [0.15, 0.2) is 0 Å². The van der Waals surface area contributed by atoms with Crippen molar-refractivity contribution in [3.05, 3.63) is 0 Å². The second-order valence-electron chi connectivity index (χ2n) is 2.46. The van der Waals surface area contributed by atoms with E-state index >= 15 is 0 Å². The lowest BCUT2D eigenvalue weighted by atomic mass is 10.4. The highest BCUT2D eigenvalue weighted by atomic mass is 33.1. The molecule has 2 unspecified atom stereocenters. The average molecular weight is 258 g/mol. The predicted molar refractivity (Wildman–Crippen MR) is 59.8 cm³/mol.